The van der Waals surface area contributed by atoms with E-state index in [1.165, 1.54) is 14.2 Å². The number of benzene rings is 1. The number of methoxy groups -OCH3 is 1. The number of nitrogens with zero attached hydrogens (tertiary/aromatic N) is 1. The first kappa shape index (κ1) is 16.9. The van der Waals surface area contributed by atoms with Crippen LogP contribution in [0.5, 0.6) is 0 Å². The third-order valence-corrected chi connectivity index (χ3v) is 5.46. The Balaban J connectivity index is 2.12. The monoisotopic (exact) mass is 350 g/mol. The Morgan fingerprint density at radius 3 is 2.46 bits per heavy atom. The smallest absolute Gasteiger partial charge is 0.326 e. The zero-order chi connectivity index (χ0) is 17.6. The molecule has 4 atom stereocenters. The Bertz CT molecular complexity index is 705. The lowest BCUT2D eigenvalue weighted by atomic mass is 9.78. The first-order chi connectivity index (χ1) is 11.4. The van der Waals surface area contributed by atoms with Crippen LogP contribution in [0.2, 0.25) is 5.02 Å². The van der Waals surface area contributed by atoms with Crippen molar-refractivity contribution in [1.82, 2.24) is 10.2 Å². The van der Waals surface area contributed by atoms with Gasteiger partial charge in [-0.2, -0.15) is 0 Å². The number of halogens is 1. The lowest BCUT2D eigenvalue weighted by molar-refractivity contribution is -0.154. The second kappa shape index (κ2) is 5.86. The Labute approximate surface area is 145 Å². The molecule has 1 aromatic rings. The lowest BCUT2D eigenvalue weighted by Gasteiger charge is -2.30. The zero-order valence-electron chi connectivity index (χ0n) is 13.7. The van der Waals surface area contributed by atoms with Crippen molar-refractivity contribution >= 4 is 29.4 Å². The number of nitrogens with one attached hydrogen (secondary N) is 1. The summed E-state index contributed by atoms with van der Waals surface area (Å²) in [7, 11) is 2.75. The topological polar surface area (TPSA) is 75.7 Å². The highest BCUT2D eigenvalue weighted by atomic mass is 35.5. The number of ether oxygens (including phenoxy) is 1. The van der Waals surface area contributed by atoms with Crippen LogP contribution in [0, 0.1) is 11.8 Å². The van der Waals surface area contributed by atoms with Crippen LogP contribution in [0.15, 0.2) is 24.3 Å². The molecule has 1 aromatic carbocycles. The highest BCUT2D eigenvalue weighted by Crippen LogP contribution is 2.50. The quantitative estimate of drug-likeness (QED) is 0.661. The number of rotatable bonds is 3. The standard InChI is InChI=1S/C17H19ClN2O4/c1-4-17(16(23)24-3)12-11(14(21)20(2)15(12)22)13(19-17)9-5-7-10(18)8-6-9/h5-8,11-13,19H,4H2,1-3H3/t11-,12+,13-,17+/m0/s1. The van der Waals surface area contributed by atoms with E-state index >= 15 is 0 Å². The second-order valence-corrected chi connectivity index (χ2v) is 6.67. The second-order valence-electron chi connectivity index (χ2n) is 6.23. The maximum Gasteiger partial charge on any atom is 0.326 e. The van der Waals surface area contributed by atoms with Gasteiger partial charge in [-0.3, -0.25) is 24.6 Å². The van der Waals surface area contributed by atoms with Crippen LogP contribution in [0.3, 0.4) is 0 Å². The largest absolute Gasteiger partial charge is 0.468 e. The van der Waals surface area contributed by atoms with Gasteiger partial charge >= 0.3 is 5.97 Å². The highest BCUT2D eigenvalue weighted by molar-refractivity contribution is 6.30. The molecule has 128 valence electrons. The van der Waals surface area contributed by atoms with Gasteiger partial charge in [0, 0.05) is 18.1 Å². The maximum absolute atomic E-state index is 12.7. The number of imide groups is 1. The molecule has 1 N–H and O–H groups in total. The number of carbonyl (C=O) groups is 3. The van der Waals surface area contributed by atoms with Crippen LogP contribution in [0.25, 0.3) is 0 Å². The minimum absolute atomic E-state index is 0.281. The van der Waals surface area contributed by atoms with Gasteiger partial charge in [0.2, 0.25) is 11.8 Å². The molecule has 2 aliphatic heterocycles. The first-order valence-electron chi connectivity index (χ1n) is 7.80. The molecule has 2 heterocycles. The van der Waals surface area contributed by atoms with Gasteiger partial charge in [0.15, 0.2) is 0 Å². The Morgan fingerprint density at radius 1 is 1.29 bits per heavy atom. The molecule has 0 saturated carbocycles. The van der Waals surface area contributed by atoms with Gasteiger partial charge < -0.3 is 4.74 Å². The van der Waals surface area contributed by atoms with E-state index in [4.69, 9.17) is 16.3 Å². The minimum atomic E-state index is -1.21. The number of likely N-dealkylation sites (tertiary alicyclic amines) is 1. The van der Waals surface area contributed by atoms with Gasteiger partial charge in [-0.1, -0.05) is 30.7 Å². The highest BCUT2D eigenvalue weighted by Gasteiger charge is 2.67. The molecule has 3 rings (SSSR count). The Hall–Kier alpha value is -1.92. The van der Waals surface area contributed by atoms with E-state index in [0.29, 0.717) is 11.4 Å². The van der Waals surface area contributed by atoms with Gasteiger partial charge in [-0.25, -0.2) is 0 Å². The van der Waals surface area contributed by atoms with Crippen LogP contribution in [0.1, 0.15) is 24.9 Å². The number of esters is 1. The van der Waals surface area contributed by atoms with Crippen molar-refractivity contribution in [2.24, 2.45) is 11.8 Å². The molecule has 2 amide bonds. The summed E-state index contributed by atoms with van der Waals surface area (Å²) in [6, 6.07) is 6.60. The zero-order valence-corrected chi connectivity index (χ0v) is 14.5. The summed E-state index contributed by atoms with van der Waals surface area (Å²) in [4.78, 5) is 38.9. The Morgan fingerprint density at radius 2 is 1.92 bits per heavy atom. The molecular formula is C17H19ClN2O4. The summed E-state index contributed by atoms with van der Waals surface area (Å²) < 4.78 is 4.95. The fraction of sp³-hybridized carbons (Fsp3) is 0.471. The molecule has 0 aliphatic carbocycles. The molecule has 0 bridgehead atoms. The molecule has 7 heteroatoms. The summed E-state index contributed by atoms with van der Waals surface area (Å²) in [6.45, 7) is 1.81. The van der Waals surface area contributed by atoms with Crippen molar-refractivity contribution in [1.29, 1.82) is 0 Å². The average molecular weight is 351 g/mol. The van der Waals surface area contributed by atoms with Gasteiger partial charge in [-0.15, -0.1) is 0 Å². The van der Waals surface area contributed by atoms with Crippen LogP contribution in [-0.2, 0) is 19.1 Å². The van der Waals surface area contributed by atoms with E-state index < -0.39 is 29.4 Å². The van der Waals surface area contributed by atoms with Gasteiger partial charge in [-0.05, 0) is 24.1 Å². The number of carbonyl (C=O) groups excluding carboxylic acids is 3. The molecule has 0 aromatic heterocycles. The summed E-state index contributed by atoms with van der Waals surface area (Å²) >= 11 is 5.94. The fourth-order valence-corrected chi connectivity index (χ4v) is 4.07. The van der Waals surface area contributed by atoms with E-state index in [0.717, 1.165) is 10.5 Å². The van der Waals surface area contributed by atoms with Crippen LogP contribution in [-0.4, -0.2) is 42.4 Å². The summed E-state index contributed by atoms with van der Waals surface area (Å²) in [5, 5.41) is 3.82. The molecule has 0 spiro atoms. The van der Waals surface area contributed by atoms with E-state index in [-0.39, 0.29) is 11.8 Å². The molecule has 2 fully saturated rings. The van der Waals surface area contributed by atoms with Gasteiger partial charge in [0.1, 0.15) is 5.54 Å². The molecule has 0 radical (unpaired) electrons. The summed E-state index contributed by atoms with van der Waals surface area (Å²) in [5.41, 5.74) is -0.397. The minimum Gasteiger partial charge on any atom is -0.468 e. The van der Waals surface area contributed by atoms with E-state index in [1.807, 2.05) is 0 Å². The number of amides is 2. The van der Waals surface area contributed by atoms with Crippen LogP contribution in [0.4, 0.5) is 0 Å². The number of fused-ring (bicyclic) bond motifs is 1. The third-order valence-electron chi connectivity index (χ3n) is 5.21. The van der Waals surface area contributed by atoms with Crippen molar-refractivity contribution < 1.29 is 19.1 Å². The first-order valence-corrected chi connectivity index (χ1v) is 8.18. The van der Waals surface area contributed by atoms with E-state index in [1.54, 1.807) is 31.2 Å². The van der Waals surface area contributed by atoms with Crippen molar-refractivity contribution in [3.05, 3.63) is 34.9 Å². The summed E-state index contributed by atoms with van der Waals surface area (Å²) in [6.07, 6.45) is 0.345. The van der Waals surface area contributed by atoms with Crippen LogP contribution >= 0.6 is 11.6 Å². The molecule has 24 heavy (non-hydrogen) atoms. The Kier molecular flexibility index (Phi) is 4.13. The molecule has 6 nitrogen and oxygen atoms in total. The average Bonchev–Trinajstić information content (AvgIpc) is 3.05. The SMILES string of the molecule is CC[C@@]1(C(=O)OC)N[C@@H](c2ccc(Cl)cc2)[C@H]2C(=O)N(C)C(=O)[C@@H]21. The fourth-order valence-electron chi connectivity index (χ4n) is 3.94. The van der Waals surface area contributed by atoms with E-state index in [2.05, 4.69) is 5.32 Å². The summed E-state index contributed by atoms with van der Waals surface area (Å²) in [5.74, 6) is -2.55. The normalized spacial score (nSPS) is 32.2. The third kappa shape index (κ3) is 2.17. The van der Waals surface area contributed by atoms with Gasteiger partial charge in [0.05, 0.1) is 18.9 Å². The van der Waals surface area contributed by atoms with Crippen molar-refractivity contribution in [2.45, 2.75) is 24.9 Å². The number of hydrogen-bond donors (Lipinski definition) is 1. The molecule has 2 saturated heterocycles. The van der Waals surface area contributed by atoms with Crippen molar-refractivity contribution in [2.75, 3.05) is 14.2 Å². The lowest BCUT2D eigenvalue weighted by Crippen LogP contribution is -2.55. The molecule has 2 aliphatic rings. The van der Waals surface area contributed by atoms with Crippen molar-refractivity contribution in [3.8, 4) is 0 Å². The molecular weight excluding hydrogens is 332 g/mol. The van der Waals surface area contributed by atoms with Crippen LogP contribution < -0.4 is 5.32 Å². The molecule has 0 unspecified atom stereocenters. The number of hydrogen-bond acceptors (Lipinski definition) is 5. The van der Waals surface area contributed by atoms with E-state index in [9.17, 15) is 14.4 Å². The van der Waals surface area contributed by atoms with Gasteiger partial charge in [0.25, 0.3) is 0 Å². The predicted octanol–water partition coefficient (Wildman–Crippen LogP) is 1.54. The van der Waals surface area contributed by atoms with Crippen molar-refractivity contribution in [3.63, 3.8) is 0 Å². The maximum atomic E-state index is 12.7. The predicted molar refractivity (Wildman–Crippen MR) is 87.1 cm³/mol.